The molecule has 1 aromatic heterocycles. The third-order valence-electron chi connectivity index (χ3n) is 4.86. The van der Waals surface area contributed by atoms with Gasteiger partial charge in [-0.3, -0.25) is 9.88 Å². The summed E-state index contributed by atoms with van der Waals surface area (Å²) in [6.45, 7) is 4.78. The van der Waals surface area contributed by atoms with Crippen LogP contribution in [-0.2, 0) is 0 Å². The van der Waals surface area contributed by atoms with Crippen LogP contribution in [-0.4, -0.2) is 42.1 Å². The third-order valence-corrected chi connectivity index (χ3v) is 5.35. The molecule has 0 radical (unpaired) electrons. The fraction of sp³-hybridized carbons (Fsp3) is 0.471. The van der Waals surface area contributed by atoms with Gasteiger partial charge in [-0.15, -0.1) is 0 Å². The highest BCUT2D eigenvalue weighted by Gasteiger charge is 2.29. The molecule has 3 heterocycles. The standard InChI is InChI=1S/C17H20BrN3/c18-13-4-5-16-15(11-13)17(6-7-19-16)21-10-9-20-8-2-1-3-14(20)12-21/h4-7,11,14H,1-3,8-10,12H2. The number of anilines is 1. The molecule has 110 valence electrons. The molecule has 2 aliphatic rings. The average Bonchev–Trinajstić information content (AvgIpc) is 2.54. The zero-order valence-electron chi connectivity index (χ0n) is 12.1. The van der Waals surface area contributed by atoms with Crippen molar-refractivity contribution < 1.29 is 0 Å². The average molecular weight is 346 g/mol. The van der Waals surface area contributed by atoms with Crippen LogP contribution in [0.1, 0.15) is 19.3 Å². The first-order valence-corrected chi connectivity index (χ1v) is 8.64. The van der Waals surface area contributed by atoms with E-state index in [1.54, 1.807) is 0 Å². The second-order valence-electron chi connectivity index (χ2n) is 6.12. The number of piperidine rings is 1. The Morgan fingerprint density at radius 1 is 1.10 bits per heavy atom. The number of aromatic nitrogens is 1. The minimum Gasteiger partial charge on any atom is -0.368 e. The zero-order chi connectivity index (χ0) is 14.2. The molecule has 2 fully saturated rings. The highest BCUT2D eigenvalue weighted by atomic mass is 79.9. The molecule has 0 amide bonds. The van der Waals surface area contributed by atoms with Crippen LogP contribution < -0.4 is 4.90 Å². The van der Waals surface area contributed by atoms with E-state index in [9.17, 15) is 0 Å². The fourth-order valence-electron chi connectivity index (χ4n) is 3.75. The Kier molecular flexibility index (Phi) is 3.59. The van der Waals surface area contributed by atoms with Crippen molar-refractivity contribution in [3.05, 3.63) is 34.9 Å². The molecule has 0 saturated carbocycles. The molecule has 0 spiro atoms. The molecule has 2 aliphatic heterocycles. The van der Waals surface area contributed by atoms with Crippen LogP contribution in [0.3, 0.4) is 0 Å². The van der Waals surface area contributed by atoms with Crippen LogP contribution in [0, 0.1) is 0 Å². The molecule has 3 nitrogen and oxygen atoms in total. The first-order valence-electron chi connectivity index (χ1n) is 7.84. The van der Waals surface area contributed by atoms with E-state index in [1.807, 2.05) is 6.20 Å². The molecule has 1 atom stereocenters. The maximum atomic E-state index is 4.50. The van der Waals surface area contributed by atoms with Gasteiger partial charge < -0.3 is 4.90 Å². The Balaban J connectivity index is 1.68. The summed E-state index contributed by atoms with van der Waals surface area (Å²) >= 11 is 3.59. The molecule has 21 heavy (non-hydrogen) atoms. The Hall–Kier alpha value is -1.13. The van der Waals surface area contributed by atoms with E-state index in [0.717, 1.165) is 29.1 Å². The molecule has 2 saturated heterocycles. The Bertz CT molecular complexity index is 658. The van der Waals surface area contributed by atoms with Gasteiger partial charge in [0.1, 0.15) is 0 Å². The molecule has 2 aromatic rings. The van der Waals surface area contributed by atoms with E-state index >= 15 is 0 Å². The van der Waals surface area contributed by atoms with E-state index in [0.29, 0.717) is 0 Å². The van der Waals surface area contributed by atoms with Gasteiger partial charge in [0.2, 0.25) is 0 Å². The van der Waals surface area contributed by atoms with E-state index < -0.39 is 0 Å². The summed E-state index contributed by atoms with van der Waals surface area (Å²) in [6, 6.07) is 9.28. The van der Waals surface area contributed by atoms with Gasteiger partial charge in [0.15, 0.2) is 0 Å². The quantitative estimate of drug-likeness (QED) is 0.785. The number of halogens is 1. The summed E-state index contributed by atoms with van der Waals surface area (Å²) in [5, 5.41) is 1.26. The van der Waals surface area contributed by atoms with Gasteiger partial charge in [-0.1, -0.05) is 22.4 Å². The van der Waals surface area contributed by atoms with Gasteiger partial charge in [0, 0.05) is 47.4 Å². The molecule has 4 rings (SSSR count). The zero-order valence-corrected chi connectivity index (χ0v) is 13.7. The minimum atomic E-state index is 0.739. The van der Waals surface area contributed by atoms with Crippen molar-refractivity contribution >= 4 is 32.5 Å². The molecule has 0 N–H and O–H groups in total. The van der Waals surface area contributed by atoms with Gasteiger partial charge in [-0.25, -0.2) is 0 Å². The van der Waals surface area contributed by atoms with Gasteiger partial charge in [-0.05, 0) is 43.7 Å². The topological polar surface area (TPSA) is 19.4 Å². The number of nitrogens with zero attached hydrogens (tertiary/aromatic N) is 3. The van der Waals surface area contributed by atoms with Gasteiger partial charge in [0.05, 0.1) is 5.52 Å². The predicted octanol–water partition coefficient (Wildman–Crippen LogP) is 3.67. The summed E-state index contributed by atoms with van der Waals surface area (Å²) in [5.41, 5.74) is 2.42. The van der Waals surface area contributed by atoms with Crippen molar-refractivity contribution in [3.63, 3.8) is 0 Å². The largest absolute Gasteiger partial charge is 0.368 e. The molecule has 4 heteroatoms. The van der Waals surface area contributed by atoms with Gasteiger partial charge in [-0.2, -0.15) is 0 Å². The molecule has 1 aromatic carbocycles. The lowest BCUT2D eigenvalue weighted by molar-refractivity contribution is 0.133. The number of pyridine rings is 1. The van der Waals surface area contributed by atoms with Crippen LogP contribution in [0.25, 0.3) is 10.9 Å². The van der Waals surface area contributed by atoms with Crippen LogP contribution >= 0.6 is 15.9 Å². The SMILES string of the molecule is Brc1ccc2nccc(N3CCN4CCCCC4C3)c2c1. The Labute approximate surface area is 134 Å². The summed E-state index contributed by atoms with van der Waals surface area (Å²) in [6.07, 6.45) is 6.06. The molecule has 1 unspecified atom stereocenters. The summed E-state index contributed by atoms with van der Waals surface area (Å²) in [7, 11) is 0. The highest BCUT2D eigenvalue weighted by Crippen LogP contribution is 2.31. The Morgan fingerprint density at radius 2 is 2.05 bits per heavy atom. The lowest BCUT2D eigenvalue weighted by atomic mass is 9.99. The first-order chi connectivity index (χ1) is 10.3. The fourth-order valence-corrected chi connectivity index (χ4v) is 4.12. The van der Waals surface area contributed by atoms with Crippen LogP contribution in [0.15, 0.2) is 34.9 Å². The summed E-state index contributed by atoms with van der Waals surface area (Å²) in [4.78, 5) is 9.74. The highest BCUT2D eigenvalue weighted by molar-refractivity contribution is 9.10. The molecular weight excluding hydrogens is 326 g/mol. The molecule has 0 aliphatic carbocycles. The monoisotopic (exact) mass is 345 g/mol. The minimum absolute atomic E-state index is 0.739. The summed E-state index contributed by atoms with van der Waals surface area (Å²) < 4.78 is 1.13. The smallest absolute Gasteiger partial charge is 0.0723 e. The lowest BCUT2D eigenvalue weighted by Gasteiger charge is -2.45. The van der Waals surface area contributed by atoms with E-state index in [4.69, 9.17) is 0 Å². The van der Waals surface area contributed by atoms with Crippen molar-refractivity contribution in [1.29, 1.82) is 0 Å². The van der Waals surface area contributed by atoms with Crippen LogP contribution in [0.4, 0.5) is 5.69 Å². The number of hydrogen-bond donors (Lipinski definition) is 0. The maximum absolute atomic E-state index is 4.50. The van der Waals surface area contributed by atoms with E-state index in [2.05, 4.69) is 55.0 Å². The number of hydrogen-bond acceptors (Lipinski definition) is 3. The number of piperazine rings is 1. The van der Waals surface area contributed by atoms with Crippen LogP contribution in [0.2, 0.25) is 0 Å². The van der Waals surface area contributed by atoms with Gasteiger partial charge in [0.25, 0.3) is 0 Å². The van der Waals surface area contributed by atoms with E-state index in [-0.39, 0.29) is 0 Å². The van der Waals surface area contributed by atoms with Crippen LogP contribution in [0.5, 0.6) is 0 Å². The number of fused-ring (bicyclic) bond motifs is 2. The predicted molar refractivity (Wildman–Crippen MR) is 90.9 cm³/mol. The number of rotatable bonds is 1. The van der Waals surface area contributed by atoms with Crippen molar-refractivity contribution in [3.8, 4) is 0 Å². The summed E-state index contributed by atoms with van der Waals surface area (Å²) in [5.74, 6) is 0. The normalized spacial score (nSPS) is 23.3. The van der Waals surface area contributed by atoms with Crippen molar-refractivity contribution in [1.82, 2.24) is 9.88 Å². The Morgan fingerprint density at radius 3 is 3.00 bits per heavy atom. The second-order valence-corrected chi connectivity index (χ2v) is 7.04. The maximum Gasteiger partial charge on any atom is 0.0723 e. The molecular formula is C17H20BrN3. The second kappa shape index (κ2) is 5.58. The molecule has 0 bridgehead atoms. The van der Waals surface area contributed by atoms with Crippen molar-refractivity contribution in [2.45, 2.75) is 25.3 Å². The third kappa shape index (κ3) is 2.55. The first kappa shape index (κ1) is 13.5. The van der Waals surface area contributed by atoms with Gasteiger partial charge >= 0.3 is 0 Å². The number of benzene rings is 1. The van der Waals surface area contributed by atoms with Crippen molar-refractivity contribution in [2.75, 3.05) is 31.1 Å². The van der Waals surface area contributed by atoms with E-state index in [1.165, 1.54) is 43.4 Å². The lowest BCUT2D eigenvalue weighted by Crippen LogP contribution is -2.54. The van der Waals surface area contributed by atoms with Crippen molar-refractivity contribution in [2.24, 2.45) is 0 Å².